The number of aromatic nitrogens is 6. The zero-order valence-corrected chi connectivity index (χ0v) is 12.4. The van der Waals surface area contributed by atoms with Gasteiger partial charge in [-0.25, -0.2) is 13.4 Å². The highest BCUT2D eigenvalue weighted by atomic mass is 35.5. The van der Waals surface area contributed by atoms with E-state index in [9.17, 15) is 8.42 Å². The predicted octanol–water partition coefficient (Wildman–Crippen LogP) is -0.0477. The first-order valence-electron chi connectivity index (χ1n) is 6.23. The van der Waals surface area contributed by atoms with Crippen molar-refractivity contribution in [1.82, 2.24) is 29.7 Å². The van der Waals surface area contributed by atoms with Gasteiger partial charge in [-0.1, -0.05) is 0 Å². The molecule has 2 aromatic rings. The van der Waals surface area contributed by atoms with E-state index in [-0.39, 0.29) is 34.6 Å². The summed E-state index contributed by atoms with van der Waals surface area (Å²) in [7, 11) is -2.89. The topological polar surface area (TPSA) is 116 Å². The van der Waals surface area contributed by atoms with Crippen molar-refractivity contribution >= 4 is 27.4 Å². The van der Waals surface area contributed by atoms with Gasteiger partial charge in [-0.15, -0.1) is 0 Å². The highest BCUT2D eigenvalue weighted by Crippen LogP contribution is 2.18. The second-order valence-corrected chi connectivity index (χ2v) is 7.28. The van der Waals surface area contributed by atoms with Gasteiger partial charge in [-0.3, -0.25) is 0 Å². The van der Waals surface area contributed by atoms with Crippen molar-refractivity contribution in [2.45, 2.75) is 6.42 Å². The van der Waals surface area contributed by atoms with Crippen LogP contribution in [-0.4, -0.2) is 56.2 Å². The zero-order chi connectivity index (χ0) is 14.9. The van der Waals surface area contributed by atoms with Gasteiger partial charge < -0.3 is 5.32 Å². The molecule has 0 bridgehead atoms. The summed E-state index contributed by atoms with van der Waals surface area (Å²) in [6, 6.07) is 0. The lowest BCUT2D eigenvalue weighted by Crippen LogP contribution is -2.18. The third-order valence-electron chi connectivity index (χ3n) is 3.10. The van der Waals surface area contributed by atoms with E-state index in [4.69, 9.17) is 11.6 Å². The summed E-state index contributed by atoms with van der Waals surface area (Å²) in [5.41, 5.74) is 0. The van der Waals surface area contributed by atoms with Crippen LogP contribution in [0.3, 0.4) is 0 Å². The summed E-state index contributed by atoms with van der Waals surface area (Å²) in [6.07, 6.45) is 3.44. The molecular weight excluding hydrogens is 318 g/mol. The second-order valence-electron chi connectivity index (χ2n) is 4.72. The Hall–Kier alpha value is -1.81. The molecule has 3 heterocycles. The zero-order valence-electron chi connectivity index (χ0n) is 10.8. The number of nitrogens with one attached hydrogen (secondary N) is 1. The van der Waals surface area contributed by atoms with Crippen molar-refractivity contribution in [3.8, 4) is 5.95 Å². The molecule has 0 amide bonds. The summed E-state index contributed by atoms with van der Waals surface area (Å²) < 4.78 is 24.2. The van der Waals surface area contributed by atoms with Gasteiger partial charge in [0.1, 0.15) is 12.7 Å². The molecule has 9 nitrogen and oxygen atoms in total. The van der Waals surface area contributed by atoms with Crippen molar-refractivity contribution in [3.63, 3.8) is 0 Å². The van der Waals surface area contributed by atoms with Crippen molar-refractivity contribution in [1.29, 1.82) is 0 Å². The summed E-state index contributed by atoms with van der Waals surface area (Å²) >= 11 is 5.85. The molecule has 1 N–H and O–H groups in total. The lowest BCUT2D eigenvalue weighted by molar-refractivity contribution is 0.595. The maximum absolute atomic E-state index is 11.4. The Labute approximate surface area is 125 Å². The number of anilines is 1. The Balaban J connectivity index is 1.71. The van der Waals surface area contributed by atoms with E-state index in [1.54, 1.807) is 0 Å². The van der Waals surface area contributed by atoms with Gasteiger partial charge >= 0.3 is 0 Å². The maximum atomic E-state index is 11.4. The van der Waals surface area contributed by atoms with E-state index < -0.39 is 9.84 Å². The van der Waals surface area contributed by atoms with Gasteiger partial charge in [-0.05, 0) is 23.9 Å². The number of halogens is 1. The lowest BCUT2D eigenvalue weighted by atomic mass is 10.1. The fourth-order valence-electron chi connectivity index (χ4n) is 2.10. The Morgan fingerprint density at radius 1 is 1.38 bits per heavy atom. The molecule has 1 unspecified atom stereocenters. The van der Waals surface area contributed by atoms with Crippen LogP contribution in [0.5, 0.6) is 0 Å². The lowest BCUT2D eigenvalue weighted by Gasteiger charge is -2.10. The van der Waals surface area contributed by atoms with Crippen LogP contribution in [-0.2, 0) is 9.84 Å². The molecule has 0 aromatic carbocycles. The van der Waals surface area contributed by atoms with Crippen LogP contribution in [0.2, 0.25) is 5.28 Å². The van der Waals surface area contributed by atoms with E-state index in [0.717, 1.165) is 0 Å². The number of hydrogen-bond donors (Lipinski definition) is 1. The minimum Gasteiger partial charge on any atom is -0.354 e. The quantitative estimate of drug-likeness (QED) is 0.830. The van der Waals surface area contributed by atoms with E-state index >= 15 is 0 Å². The van der Waals surface area contributed by atoms with Crippen molar-refractivity contribution < 1.29 is 8.42 Å². The van der Waals surface area contributed by atoms with Crippen LogP contribution in [0, 0.1) is 5.92 Å². The summed E-state index contributed by atoms with van der Waals surface area (Å²) in [5, 5.41) is 6.93. The van der Waals surface area contributed by atoms with Gasteiger partial charge in [-0.2, -0.15) is 24.7 Å². The summed E-state index contributed by atoms with van der Waals surface area (Å²) in [5.74, 6) is 1.01. The third kappa shape index (κ3) is 3.45. The fourth-order valence-corrected chi connectivity index (χ4v) is 4.12. The molecule has 11 heteroatoms. The first kappa shape index (κ1) is 14.1. The van der Waals surface area contributed by atoms with Crippen LogP contribution < -0.4 is 5.32 Å². The van der Waals surface area contributed by atoms with E-state index in [1.807, 2.05) is 0 Å². The van der Waals surface area contributed by atoms with Crippen molar-refractivity contribution in [2.24, 2.45) is 5.92 Å². The third-order valence-corrected chi connectivity index (χ3v) is 5.10. The Morgan fingerprint density at radius 2 is 2.24 bits per heavy atom. The van der Waals surface area contributed by atoms with E-state index in [1.165, 1.54) is 17.3 Å². The molecule has 0 radical (unpaired) electrons. The first-order chi connectivity index (χ1) is 10.0. The molecule has 1 saturated heterocycles. The average Bonchev–Trinajstić information content (AvgIpc) is 3.05. The molecule has 112 valence electrons. The minimum absolute atomic E-state index is 0.0250. The van der Waals surface area contributed by atoms with Crippen molar-refractivity contribution in [3.05, 3.63) is 17.9 Å². The second kappa shape index (κ2) is 5.53. The molecule has 0 spiro atoms. The maximum Gasteiger partial charge on any atom is 0.258 e. The summed E-state index contributed by atoms with van der Waals surface area (Å²) in [4.78, 5) is 15.9. The average molecular weight is 330 g/mol. The monoisotopic (exact) mass is 329 g/mol. The van der Waals surface area contributed by atoms with E-state index in [2.05, 4.69) is 30.4 Å². The molecule has 0 aliphatic carbocycles. The number of nitrogens with zero attached hydrogens (tertiary/aromatic N) is 6. The standard InChI is InChI=1S/C10H12ClN7O2S/c11-8-15-9(13-3-7-1-2-21(19,20)4-7)17-10(16-8)18-6-12-5-14-18/h5-7H,1-4H2,(H,13,15,16,17). The van der Waals surface area contributed by atoms with Gasteiger partial charge in [0.15, 0.2) is 9.84 Å². The smallest absolute Gasteiger partial charge is 0.258 e. The Bertz CT molecular complexity index is 734. The molecular formula is C10H12ClN7O2S. The molecule has 1 aliphatic heterocycles. The molecule has 1 fully saturated rings. The Morgan fingerprint density at radius 3 is 2.90 bits per heavy atom. The van der Waals surface area contributed by atoms with E-state index in [0.29, 0.717) is 13.0 Å². The number of hydrogen-bond acceptors (Lipinski definition) is 8. The van der Waals surface area contributed by atoms with Crippen LogP contribution in [0.25, 0.3) is 5.95 Å². The van der Waals surface area contributed by atoms with Crippen LogP contribution >= 0.6 is 11.6 Å². The van der Waals surface area contributed by atoms with Gasteiger partial charge in [0.2, 0.25) is 11.2 Å². The largest absolute Gasteiger partial charge is 0.354 e. The summed E-state index contributed by atoms with van der Waals surface area (Å²) in [6.45, 7) is 0.469. The molecule has 21 heavy (non-hydrogen) atoms. The predicted molar refractivity (Wildman–Crippen MR) is 75.0 cm³/mol. The molecule has 1 atom stereocenters. The van der Waals surface area contributed by atoms with Gasteiger partial charge in [0, 0.05) is 6.54 Å². The highest BCUT2D eigenvalue weighted by Gasteiger charge is 2.27. The molecule has 3 rings (SSSR count). The SMILES string of the molecule is O=S1(=O)CCC(CNc2nc(Cl)nc(-n3cncn3)n2)C1. The first-order valence-corrected chi connectivity index (χ1v) is 8.43. The highest BCUT2D eigenvalue weighted by molar-refractivity contribution is 7.91. The normalized spacial score (nSPS) is 20.5. The van der Waals surface area contributed by atoms with Crippen LogP contribution in [0.4, 0.5) is 5.95 Å². The molecule has 1 aliphatic rings. The fraction of sp³-hybridized carbons (Fsp3) is 0.500. The number of rotatable bonds is 4. The van der Waals surface area contributed by atoms with Gasteiger partial charge in [0.05, 0.1) is 11.5 Å². The van der Waals surface area contributed by atoms with Crippen LogP contribution in [0.1, 0.15) is 6.42 Å². The van der Waals surface area contributed by atoms with Crippen molar-refractivity contribution in [2.75, 3.05) is 23.4 Å². The molecule has 0 saturated carbocycles. The minimum atomic E-state index is -2.89. The molecule has 2 aromatic heterocycles. The number of sulfone groups is 1. The van der Waals surface area contributed by atoms with Gasteiger partial charge in [0.25, 0.3) is 5.95 Å². The van der Waals surface area contributed by atoms with Crippen LogP contribution in [0.15, 0.2) is 12.7 Å². The Kier molecular flexibility index (Phi) is 3.72.